The van der Waals surface area contributed by atoms with Crippen molar-refractivity contribution >= 4 is 21.9 Å². The highest BCUT2D eigenvalue weighted by Gasteiger charge is 2.31. The molecule has 0 bridgehead atoms. The van der Waals surface area contributed by atoms with Gasteiger partial charge in [-0.05, 0) is 28.9 Å². The van der Waals surface area contributed by atoms with Crippen molar-refractivity contribution in [1.29, 1.82) is 0 Å². The lowest BCUT2D eigenvalue weighted by Crippen LogP contribution is -2.41. The second-order valence-electron chi connectivity index (χ2n) is 2.74. The van der Waals surface area contributed by atoms with Gasteiger partial charge in [0, 0.05) is 16.4 Å². The normalized spacial score (nSPS) is 15.6. The highest BCUT2D eigenvalue weighted by atomic mass is 79.9. The molecule has 1 aromatic rings. The van der Waals surface area contributed by atoms with Crippen LogP contribution in [0.25, 0.3) is 0 Å². The Labute approximate surface area is 77.9 Å². The number of aromatic amines is 1. The van der Waals surface area contributed by atoms with Gasteiger partial charge >= 0.3 is 5.97 Å². The lowest BCUT2D eigenvalue weighted by Gasteiger charge is -2.16. The number of nitrogens with one attached hydrogen (secondary N) is 1. The SMILES string of the molecule is CC(N)(C(=O)O)c1cc(Br)c[nH]1. The summed E-state index contributed by atoms with van der Waals surface area (Å²) in [5.74, 6) is -1.06. The summed E-state index contributed by atoms with van der Waals surface area (Å²) in [5.41, 5.74) is 4.66. The van der Waals surface area contributed by atoms with Crippen molar-refractivity contribution in [3.63, 3.8) is 0 Å². The lowest BCUT2D eigenvalue weighted by molar-refractivity contribution is -0.143. The number of halogens is 1. The molecule has 0 aliphatic rings. The van der Waals surface area contributed by atoms with E-state index in [2.05, 4.69) is 20.9 Å². The van der Waals surface area contributed by atoms with E-state index in [0.717, 1.165) is 4.47 Å². The summed E-state index contributed by atoms with van der Waals surface area (Å²) in [6, 6.07) is 1.65. The van der Waals surface area contributed by atoms with E-state index in [1.54, 1.807) is 12.3 Å². The molecular formula is C7H9BrN2O2. The fourth-order valence-electron chi connectivity index (χ4n) is 0.783. The molecule has 0 radical (unpaired) electrons. The number of carboxylic acid groups (broad SMARTS) is 1. The number of rotatable bonds is 2. The molecule has 12 heavy (non-hydrogen) atoms. The summed E-state index contributed by atoms with van der Waals surface area (Å²) in [6.45, 7) is 1.44. The van der Waals surface area contributed by atoms with Gasteiger partial charge in [-0.25, -0.2) is 4.79 Å². The Kier molecular flexibility index (Phi) is 2.25. The topological polar surface area (TPSA) is 79.1 Å². The van der Waals surface area contributed by atoms with Crippen LogP contribution in [-0.4, -0.2) is 16.1 Å². The van der Waals surface area contributed by atoms with Crippen molar-refractivity contribution in [3.05, 3.63) is 22.4 Å². The maximum atomic E-state index is 10.7. The van der Waals surface area contributed by atoms with Crippen LogP contribution in [0, 0.1) is 0 Å². The van der Waals surface area contributed by atoms with Crippen molar-refractivity contribution in [2.75, 3.05) is 0 Å². The second-order valence-corrected chi connectivity index (χ2v) is 3.65. The van der Waals surface area contributed by atoms with E-state index in [4.69, 9.17) is 10.8 Å². The summed E-state index contributed by atoms with van der Waals surface area (Å²) in [6.07, 6.45) is 1.64. The van der Waals surface area contributed by atoms with E-state index in [1.165, 1.54) is 6.92 Å². The Morgan fingerprint density at radius 3 is 2.75 bits per heavy atom. The minimum atomic E-state index is -1.36. The van der Waals surface area contributed by atoms with Gasteiger partial charge in [0.25, 0.3) is 0 Å². The predicted octanol–water partition coefficient (Wildman–Crippen LogP) is 1.04. The van der Waals surface area contributed by atoms with E-state index in [9.17, 15) is 4.79 Å². The van der Waals surface area contributed by atoms with Crippen LogP contribution in [0.2, 0.25) is 0 Å². The molecule has 0 aliphatic carbocycles. The number of nitrogens with two attached hydrogens (primary N) is 1. The fraction of sp³-hybridized carbons (Fsp3) is 0.286. The van der Waals surface area contributed by atoms with Crippen LogP contribution in [-0.2, 0) is 10.3 Å². The van der Waals surface area contributed by atoms with E-state index in [0.29, 0.717) is 5.69 Å². The molecule has 5 heteroatoms. The number of aliphatic carboxylic acids is 1. The summed E-state index contributed by atoms with van der Waals surface area (Å²) in [7, 11) is 0. The fourth-order valence-corrected chi connectivity index (χ4v) is 1.13. The predicted molar refractivity (Wildman–Crippen MR) is 47.7 cm³/mol. The van der Waals surface area contributed by atoms with Gasteiger partial charge in [0.1, 0.15) is 0 Å². The summed E-state index contributed by atoms with van der Waals surface area (Å²) >= 11 is 3.19. The van der Waals surface area contributed by atoms with Crippen molar-refractivity contribution < 1.29 is 9.90 Å². The molecule has 1 unspecified atom stereocenters. The number of carbonyl (C=O) groups is 1. The first kappa shape index (κ1) is 9.28. The molecule has 1 heterocycles. The first-order chi connectivity index (χ1) is 5.44. The Morgan fingerprint density at radius 2 is 2.42 bits per heavy atom. The second kappa shape index (κ2) is 2.91. The van der Waals surface area contributed by atoms with Crippen LogP contribution in [0.15, 0.2) is 16.7 Å². The molecule has 0 amide bonds. The van der Waals surface area contributed by atoms with Gasteiger partial charge in [-0.15, -0.1) is 0 Å². The molecule has 0 spiro atoms. The molecule has 0 fully saturated rings. The monoisotopic (exact) mass is 232 g/mol. The molecule has 0 saturated carbocycles. The number of H-pyrrole nitrogens is 1. The van der Waals surface area contributed by atoms with Crippen LogP contribution in [0.1, 0.15) is 12.6 Å². The standard InChI is InChI=1S/C7H9BrN2O2/c1-7(9,6(11)12)5-2-4(8)3-10-5/h2-3,10H,9H2,1H3,(H,11,12). The number of hydrogen-bond donors (Lipinski definition) is 3. The first-order valence-corrected chi connectivity index (χ1v) is 4.10. The zero-order valence-electron chi connectivity index (χ0n) is 6.47. The van der Waals surface area contributed by atoms with Gasteiger partial charge in [-0.3, -0.25) is 0 Å². The summed E-state index contributed by atoms with van der Waals surface area (Å²) in [5, 5.41) is 8.74. The van der Waals surface area contributed by atoms with Crippen LogP contribution < -0.4 is 5.73 Å². The van der Waals surface area contributed by atoms with E-state index >= 15 is 0 Å². The van der Waals surface area contributed by atoms with Gasteiger partial charge in [-0.2, -0.15) is 0 Å². The smallest absolute Gasteiger partial charge is 0.329 e. The Hall–Kier alpha value is -0.810. The first-order valence-electron chi connectivity index (χ1n) is 3.31. The van der Waals surface area contributed by atoms with Crippen LogP contribution >= 0.6 is 15.9 Å². The van der Waals surface area contributed by atoms with Crippen molar-refractivity contribution in [2.45, 2.75) is 12.5 Å². The molecule has 0 aromatic carbocycles. The van der Waals surface area contributed by atoms with E-state index < -0.39 is 11.5 Å². The lowest BCUT2D eigenvalue weighted by atomic mass is 10.0. The van der Waals surface area contributed by atoms with Gasteiger partial charge in [0.05, 0.1) is 0 Å². The Balaban J connectivity index is 3.05. The zero-order chi connectivity index (χ0) is 9.35. The maximum Gasteiger partial charge on any atom is 0.329 e. The highest BCUT2D eigenvalue weighted by molar-refractivity contribution is 9.10. The molecule has 0 aliphatic heterocycles. The molecular weight excluding hydrogens is 224 g/mol. The number of carboxylic acids is 1. The molecule has 1 rings (SSSR count). The third-order valence-electron chi connectivity index (χ3n) is 1.65. The maximum absolute atomic E-state index is 10.7. The molecule has 1 atom stereocenters. The Bertz CT molecular complexity index is 306. The van der Waals surface area contributed by atoms with Crippen LogP contribution in [0.3, 0.4) is 0 Å². The quantitative estimate of drug-likeness (QED) is 0.713. The van der Waals surface area contributed by atoms with Gasteiger partial charge in [-0.1, -0.05) is 0 Å². The van der Waals surface area contributed by atoms with Crippen molar-refractivity contribution in [1.82, 2.24) is 4.98 Å². The third-order valence-corrected chi connectivity index (χ3v) is 2.11. The number of aromatic nitrogens is 1. The average Bonchev–Trinajstić information content (AvgIpc) is 2.35. The zero-order valence-corrected chi connectivity index (χ0v) is 8.05. The van der Waals surface area contributed by atoms with Crippen LogP contribution in [0.4, 0.5) is 0 Å². The van der Waals surface area contributed by atoms with E-state index in [-0.39, 0.29) is 0 Å². The summed E-state index contributed by atoms with van der Waals surface area (Å²) in [4.78, 5) is 13.4. The minimum absolute atomic E-state index is 0.474. The highest BCUT2D eigenvalue weighted by Crippen LogP contribution is 2.20. The minimum Gasteiger partial charge on any atom is -0.480 e. The van der Waals surface area contributed by atoms with Gasteiger partial charge < -0.3 is 15.8 Å². The molecule has 4 nitrogen and oxygen atoms in total. The number of hydrogen-bond acceptors (Lipinski definition) is 2. The molecule has 66 valence electrons. The van der Waals surface area contributed by atoms with Crippen LogP contribution in [0.5, 0.6) is 0 Å². The Morgan fingerprint density at radius 1 is 1.83 bits per heavy atom. The van der Waals surface area contributed by atoms with E-state index in [1.807, 2.05) is 0 Å². The molecule has 0 saturated heterocycles. The van der Waals surface area contributed by atoms with Crippen molar-refractivity contribution in [2.24, 2.45) is 5.73 Å². The average molecular weight is 233 g/mol. The molecule has 1 aromatic heterocycles. The van der Waals surface area contributed by atoms with Gasteiger partial charge in [0.2, 0.25) is 0 Å². The largest absolute Gasteiger partial charge is 0.480 e. The molecule has 4 N–H and O–H groups in total. The summed E-state index contributed by atoms with van der Waals surface area (Å²) < 4.78 is 0.787. The van der Waals surface area contributed by atoms with Crippen molar-refractivity contribution in [3.8, 4) is 0 Å². The third kappa shape index (κ3) is 1.51. The van der Waals surface area contributed by atoms with Gasteiger partial charge in [0.15, 0.2) is 5.54 Å².